The van der Waals surface area contributed by atoms with E-state index in [0.29, 0.717) is 0 Å². The Kier molecular flexibility index (Phi) is 4.25. The topological polar surface area (TPSA) is 103 Å². The van der Waals surface area contributed by atoms with E-state index in [-0.39, 0.29) is 27.2 Å². The summed E-state index contributed by atoms with van der Waals surface area (Å²) in [4.78, 5) is 25.0. The van der Waals surface area contributed by atoms with Gasteiger partial charge in [-0.2, -0.15) is 0 Å². The molecule has 0 aliphatic rings. The molecule has 0 bridgehead atoms. The van der Waals surface area contributed by atoms with Crippen molar-refractivity contribution in [1.29, 1.82) is 0 Å². The summed E-state index contributed by atoms with van der Waals surface area (Å²) in [6, 6.07) is 4.90. The highest BCUT2D eigenvalue weighted by Crippen LogP contribution is 2.33. The van der Waals surface area contributed by atoms with Crippen LogP contribution in [0.3, 0.4) is 0 Å². The van der Waals surface area contributed by atoms with E-state index in [1.807, 2.05) is 0 Å². The first kappa shape index (κ1) is 15.0. The van der Waals surface area contributed by atoms with Gasteiger partial charge in [0.05, 0.1) is 16.1 Å². The van der Waals surface area contributed by atoms with Gasteiger partial charge in [-0.3, -0.25) is 10.1 Å². The van der Waals surface area contributed by atoms with Crippen LogP contribution in [0, 0.1) is 10.1 Å². The number of carboxylic acid groups (broad SMARTS) is 1. The van der Waals surface area contributed by atoms with E-state index in [1.165, 1.54) is 18.2 Å². The lowest BCUT2D eigenvalue weighted by Crippen LogP contribution is -2.02. The maximum Gasteiger partial charge on any atom is 0.339 e. The number of rotatable bonds is 4. The molecule has 0 saturated heterocycles. The lowest BCUT2D eigenvalue weighted by molar-refractivity contribution is -0.386. The predicted octanol–water partition coefficient (Wildman–Crippen LogP) is 3.79. The molecule has 1 aromatic carbocycles. The number of aromatic carboxylic acids is 1. The van der Waals surface area contributed by atoms with Gasteiger partial charge in [-0.1, -0.05) is 23.2 Å². The zero-order valence-corrected chi connectivity index (χ0v) is 11.6. The van der Waals surface area contributed by atoms with Crippen LogP contribution in [0.1, 0.15) is 10.4 Å². The van der Waals surface area contributed by atoms with E-state index in [1.54, 1.807) is 0 Å². The van der Waals surface area contributed by atoms with Gasteiger partial charge >= 0.3 is 11.7 Å². The summed E-state index contributed by atoms with van der Waals surface area (Å²) in [6.45, 7) is 0. The standard InChI is InChI=1S/C12H6Cl2N2O5/c13-6-1-2-10(8(3-6)12(17)18)21-11-9(16(19)20)4-7(14)5-15-11/h1-5H,(H,17,18). The number of nitrogens with zero attached hydrogens (tertiary/aromatic N) is 2. The molecule has 1 N–H and O–H groups in total. The maximum atomic E-state index is 11.1. The molecule has 0 amide bonds. The summed E-state index contributed by atoms with van der Waals surface area (Å²) < 4.78 is 5.22. The van der Waals surface area contributed by atoms with Gasteiger partial charge in [-0.15, -0.1) is 0 Å². The number of carboxylic acids is 1. The van der Waals surface area contributed by atoms with Crippen molar-refractivity contribution in [3.05, 3.63) is 56.2 Å². The molecule has 9 heteroatoms. The highest BCUT2D eigenvalue weighted by atomic mass is 35.5. The molecule has 0 unspecified atom stereocenters. The Morgan fingerprint density at radius 1 is 1.29 bits per heavy atom. The number of hydrogen-bond donors (Lipinski definition) is 1. The Morgan fingerprint density at radius 3 is 2.62 bits per heavy atom. The number of aromatic nitrogens is 1. The second kappa shape index (κ2) is 5.94. The average Bonchev–Trinajstić information content (AvgIpc) is 2.42. The Morgan fingerprint density at radius 2 is 2.00 bits per heavy atom. The molecule has 1 aromatic heterocycles. The van der Waals surface area contributed by atoms with Gasteiger partial charge in [0, 0.05) is 11.1 Å². The highest BCUT2D eigenvalue weighted by Gasteiger charge is 2.21. The fraction of sp³-hybridized carbons (Fsp3) is 0. The molecule has 2 aromatic rings. The fourth-order valence-electron chi connectivity index (χ4n) is 1.49. The molecular formula is C12H6Cl2N2O5. The smallest absolute Gasteiger partial charge is 0.339 e. The van der Waals surface area contributed by atoms with Crippen molar-refractivity contribution in [2.75, 3.05) is 0 Å². The van der Waals surface area contributed by atoms with Crippen LogP contribution in [0.25, 0.3) is 0 Å². The molecule has 0 atom stereocenters. The van der Waals surface area contributed by atoms with Crippen molar-refractivity contribution >= 4 is 34.9 Å². The zero-order valence-electron chi connectivity index (χ0n) is 10.1. The van der Waals surface area contributed by atoms with Gasteiger partial charge < -0.3 is 9.84 Å². The molecule has 1 heterocycles. The summed E-state index contributed by atoms with van der Waals surface area (Å²) >= 11 is 11.3. The highest BCUT2D eigenvalue weighted by molar-refractivity contribution is 6.31. The van der Waals surface area contributed by atoms with Gasteiger partial charge in [0.2, 0.25) is 0 Å². The van der Waals surface area contributed by atoms with Crippen molar-refractivity contribution in [1.82, 2.24) is 4.98 Å². The molecular weight excluding hydrogens is 323 g/mol. The zero-order chi connectivity index (χ0) is 15.6. The minimum absolute atomic E-state index is 0.0589. The molecule has 0 aliphatic carbocycles. The Labute approximate surface area is 127 Å². The SMILES string of the molecule is O=C(O)c1cc(Cl)ccc1Oc1ncc(Cl)cc1[N+](=O)[O-]. The number of carbonyl (C=O) groups is 1. The Hall–Kier alpha value is -2.38. The summed E-state index contributed by atoms with van der Waals surface area (Å²) in [5, 5.41) is 20.3. The van der Waals surface area contributed by atoms with Crippen LogP contribution in [-0.4, -0.2) is 21.0 Å². The van der Waals surface area contributed by atoms with E-state index in [4.69, 9.17) is 33.0 Å². The van der Waals surface area contributed by atoms with E-state index in [9.17, 15) is 14.9 Å². The monoisotopic (exact) mass is 328 g/mol. The van der Waals surface area contributed by atoms with Crippen molar-refractivity contribution in [3.8, 4) is 11.6 Å². The summed E-state index contributed by atoms with van der Waals surface area (Å²) in [5.41, 5.74) is -0.720. The molecule has 0 radical (unpaired) electrons. The lowest BCUT2D eigenvalue weighted by Gasteiger charge is -2.08. The Bertz CT molecular complexity index is 674. The third kappa shape index (κ3) is 3.39. The minimum Gasteiger partial charge on any atom is -0.478 e. The first-order valence-electron chi connectivity index (χ1n) is 5.39. The second-order valence-corrected chi connectivity index (χ2v) is 4.66. The number of nitro groups is 1. The normalized spacial score (nSPS) is 10.2. The lowest BCUT2D eigenvalue weighted by atomic mass is 10.2. The number of halogens is 2. The van der Waals surface area contributed by atoms with Crippen LogP contribution in [0.5, 0.6) is 11.6 Å². The van der Waals surface area contributed by atoms with Crippen molar-refractivity contribution in [2.45, 2.75) is 0 Å². The average molecular weight is 329 g/mol. The van der Waals surface area contributed by atoms with E-state index >= 15 is 0 Å². The third-order valence-corrected chi connectivity index (χ3v) is 2.82. The third-order valence-electron chi connectivity index (χ3n) is 2.37. The first-order valence-corrected chi connectivity index (χ1v) is 6.14. The molecule has 21 heavy (non-hydrogen) atoms. The predicted molar refractivity (Wildman–Crippen MR) is 74.4 cm³/mol. The number of benzene rings is 1. The van der Waals surface area contributed by atoms with Crippen LogP contribution < -0.4 is 4.74 Å². The summed E-state index contributed by atoms with van der Waals surface area (Å²) in [7, 11) is 0. The summed E-state index contributed by atoms with van der Waals surface area (Å²) in [5.74, 6) is -1.77. The van der Waals surface area contributed by atoms with Gasteiger partial charge in [0.25, 0.3) is 5.88 Å². The van der Waals surface area contributed by atoms with E-state index in [0.717, 1.165) is 12.3 Å². The first-order chi connectivity index (χ1) is 9.88. The molecule has 2 rings (SSSR count). The van der Waals surface area contributed by atoms with Gasteiger partial charge in [0.1, 0.15) is 11.3 Å². The molecule has 0 saturated carbocycles. The molecule has 108 valence electrons. The number of pyridine rings is 1. The van der Waals surface area contributed by atoms with Crippen LogP contribution in [-0.2, 0) is 0 Å². The van der Waals surface area contributed by atoms with Gasteiger partial charge in [-0.25, -0.2) is 9.78 Å². The molecule has 7 nitrogen and oxygen atoms in total. The van der Waals surface area contributed by atoms with Crippen LogP contribution in [0.2, 0.25) is 10.0 Å². The van der Waals surface area contributed by atoms with Crippen LogP contribution >= 0.6 is 23.2 Å². The van der Waals surface area contributed by atoms with E-state index in [2.05, 4.69) is 4.98 Å². The largest absolute Gasteiger partial charge is 0.478 e. The maximum absolute atomic E-state index is 11.1. The van der Waals surface area contributed by atoms with Gasteiger partial charge in [0.15, 0.2) is 0 Å². The number of hydrogen-bond acceptors (Lipinski definition) is 5. The number of ether oxygens (including phenoxy) is 1. The Balaban J connectivity index is 2.48. The van der Waals surface area contributed by atoms with Gasteiger partial charge in [-0.05, 0) is 18.2 Å². The summed E-state index contributed by atoms with van der Waals surface area (Å²) in [6.07, 6.45) is 1.15. The quantitative estimate of drug-likeness (QED) is 0.676. The minimum atomic E-state index is -1.29. The van der Waals surface area contributed by atoms with Crippen molar-refractivity contribution in [3.63, 3.8) is 0 Å². The fourth-order valence-corrected chi connectivity index (χ4v) is 1.81. The molecule has 0 aliphatic heterocycles. The molecule has 0 spiro atoms. The van der Waals surface area contributed by atoms with Crippen molar-refractivity contribution in [2.24, 2.45) is 0 Å². The van der Waals surface area contributed by atoms with Crippen molar-refractivity contribution < 1.29 is 19.6 Å². The van der Waals surface area contributed by atoms with Crippen LogP contribution in [0.4, 0.5) is 5.69 Å². The van der Waals surface area contributed by atoms with E-state index < -0.39 is 16.6 Å². The van der Waals surface area contributed by atoms with Crippen LogP contribution in [0.15, 0.2) is 30.5 Å². The molecule has 0 fully saturated rings. The second-order valence-electron chi connectivity index (χ2n) is 3.78.